The molecule has 1 heterocycles. The molecule has 0 aliphatic heterocycles. The van der Waals surface area contributed by atoms with Gasteiger partial charge in [0, 0.05) is 32.4 Å². The fraction of sp³-hybridized carbons (Fsp3) is 0.0455. The van der Waals surface area contributed by atoms with Gasteiger partial charge < -0.3 is 5.32 Å². The van der Waals surface area contributed by atoms with E-state index in [4.69, 9.17) is 23.2 Å². The molecule has 0 saturated carbocycles. The van der Waals surface area contributed by atoms with Gasteiger partial charge in [-0.15, -0.1) is 28.3 Å². The van der Waals surface area contributed by atoms with Crippen LogP contribution >= 0.6 is 51.5 Å². The number of aryl methyl sites for hydroxylation is 1. The third kappa shape index (κ3) is 6.02. The molecule has 2 N–H and O–H groups in total. The van der Waals surface area contributed by atoms with Crippen molar-refractivity contribution in [2.24, 2.45) is 0 Å². The Morgan fingerprint density at radius 3 is 2.12 bits per heavy atom. The number of sulfonamides is 1. The van der Waals surface area contributed by atoms with E-state index in [0.29, 0.717) is 20.9 Å². The van der Waals surface area contributed by atoms with Crippen molar-refractivity contribution in [2.45, 2.75) is 11.8 Å². The second-order valence-corrected chi connectivity index (χ2v) is 10.2. The number of nitrogens with zero attached hydrogens (tertiary/aromatic N) is 1. The van der Waals surface area contributed by atoms with Crippen molar-refractivity contribution in [3.05, 3.63) is 87.7 Å². The Balaban J connectivity index is 0.00000289. The van der Waals surface area contributed by atoms with Gasteiger partial charge in [0.05, 0.1) is 10.6 Å². The lowest BCUT2D eigenvalue weighted by Gasteiger charge is -2.09. The van der Waals surface area contributed by atoms with Crippen molar-refractivity contribution in [1.29, 1.82) is 0 Å². The molecule has 166 valence electrons. The SMILES string of the molecule is Br.Cc1ccc(S(=O)(=O)Nc2ccc(-c3csc(Nc4cc(Cl)cc(Cl)c4)n3)cc2)cc1. The first-order chi connectivity index (χ1) is 14.8. The lowest BCUT2D eigenvalue weighted by atomic mass is 10.1. The van der Waals surface area contributed by atoms with E-state index in [0.717, 1.165) is 22.5 Å². The number of anilines is 3. The molecule has 0 bridgehead atoms. The summed E-state index contributed by atoms with van der Waals surface area (Å²) in [5.74, 6) is 0. The summed E-state index contributed by atoms with van der Waals surface area (Å²) in [6.07, 6.45) is 0. The summed E-state index contributed by atoms with van der Waals surface area (Å²) in [5, 5.41) is 6.87. The molecule has 32 heavy (non-hydrogen) atoms. The highest BCUT2D eigenvalue weighted by Crippen LogP contribution is 2.30. The number of aromatic nitrogens is 1. The highest BCUT2D eigenvalue weighted by molar-refractivity contribution is 8.93. The van der Waals surface area contributed by atoms with E-state index >= 15 is 0 Å². The van der Waals surface area contributed by atoms with Crippen LogP contribution < -0.4 is 10.0 Å². The molecular formula is C22H18BrCl2N3O2S2. The highest BCUT2D eigenvalue weighted by atomic mass is 79.9. The van der Waals surface area contributed by atoms with Crippen molar-refractivity contribution in [2.75, 3.05) is 10.0 Å². The Morgan fingerprint density at radius 1 is 0.875 bits per heavy atom. The molecule has 0 aliphatic carbocycles. The van der Waals surface area contributed by atoms with E-state index in [1.165, 1.54) is 11.3 Å². The number of halogens is 3. The van der Waals surface area contributed by atoms with Gasteiger partial charge in [0.25, 0.3) is 10.0 Å². The molecule has 0 saturated heterocycles. The molecule has 0 atom stereocenters. The Labute approximate surface area is 211 Å². The summed E-state index contributed by atoms with van der Waals surface area (Å²) in [4.78, 5) is 4.80. The maximum absolute atomic E-state index is 12.5. The van der Waals surface area contributed by atoms with Crippen molar-refractivity contribution >= 4 is 78.0 Å². The van der Waals surface area contributed by atoms with Crippen molar-refractivity contribution in [1.82, 2.24) is 4.98 Å². The molecule has 0 aliphatic rings. The zero-order chi connectivity index (χ0) is 22.0. The number of thiazole rings is 1. The molecule has 4 aromatic rings. The summed E-state index contributed by atoms with van der Waals surface area (Å²) in [7, 11) is -3.64. The van der Waals surface area contributed by atoms with Crippen LogP contribution in [0.4, 0.5) is 16.5 Å². The Morgan fingerprint density at radius 2 is 1.50 bits per heavy atom. The van der Waals surface area contributed by atoms with E-state index in [1.807, 2.05) is 24.4 Å². The summed E-state index contributed by atoms with van der Waals surface area (Å²) < 4.78 is 27.7. The van der Waals surface area contributed by atoms with E-state index in [9.17, 15) is 8.42 Å². The summed E-state index contributed by atoms with van der Waals surface area (Å²) >= 11 is 13.5. The second-order valence-electron chi connectivity index (χ2n) is 6.82. The van der Waals surface area contributed by atoms with Crippen LogP contribution in [0.3, 0.4) is 0 Å². The standard InChI is InChI=1S/C22H17Cl2N3O2S2.BrH/c1-14-2-8-20(9-3-14)31(28,29)27-18-6-4-15(5-7-18)21-13-30-22(26-21)25-19-11-16(23)10-17(24)12-19;/h2-13,27H,1H3,(H,25,26);1H. The lowest BCUT2D eigenvalue weighted by molar-refractivity contribution is 0.601. The second kappa shape index (κ2) is 10.2. The average molecular weight is 571 g/mol. The first kappa shape index (κ1) is 24.5. The fourth-order valence-corrected chi connectivity index (χ4v) is 5.18. The minimum absolute atomic E-state index is 0. The minimum atomic E-state index is -3.64. The normalized spacial score (nSPS) is 11.0. The number of benzene rings is 3. The van der Waals surface area contributed by atoms with E-state index in [1.54, 1.807) is 54.6 Å². The van der Waals surface area contributed by atoms with Crippen LogP contribution in [0.1, 0.15) is 5.56 Å². The zero-order valence-corrected chi connectivity index (χ0v) is 21.5. The first-order valence-electron chi connectivity index (χ1n) is 9.17. The van der Waals surface area contributed by atoms with Crippen molar-refractivity contribution in [3.63, 3.8) is 0 Å². The summed E-state index contributed by atoms with van der Waals surface area (Å²) in [6.45, 7) is 1.91. The van der Waals surface area contributed by atoms with E-state index < -0.39 is 10.0 Å². The van der Waals surface area contributed by atoms with Gasteiger partial charge in [-0.2, -0.15) is 0 Å². The van der Waals surface area contributed by atoms with Gasteiger partial charge in [0.2, 0.25) is 0 Å². The minimum Gasteiger partial charge on any atom is -0.331 e. The molecule has 0 spiro atoms. The molecule has 1 aromatic heterocycles. The zero-order valence-electron chi connectivity index (χ0n) is 16.7. The molecule has 0 amide bonds. The van der Waals surface area contributed by atoms with Crippen molar-refractivity contribution < 1.29 is 8.42 Å². The van der Waals surface area contributed by atoms with Gasteiger partial charge in [0.15, 0.2) is 5.13 Å². The largest absolute Gasteiger partial charge is 0.331 e. The first-order valence-corrected chi connectivity index (χ1v) is 12.3. The van der Waals surface area contributed by atoms with Crippen LogP contribution in [0, 0.1) is 6.92 Å². The number of nitrogens with one attached hydrogen (secondary N) is 2. The summed E-state index contributed by atoms with van der Waals surface area (Å²) in [5.41, 5.74) is 3.87. The molecule has 0 unspecified atom stereocenters. The van der Waals surface area contributed by atoms with Crippen LogP contribution in [0.5, 0.6) is 0 Å². The monoisotopic (exact) mass is 569 g/mol. The van der Waals surface area contributed by atoms with Gasteiger partial charge in [-0.3, -0.25) is 4.72 Å². The predicted octanol–water partition coefficient (Wildman–Crippen LogP) is 7.55. The summed E-state index contributed by atoms with van der Waals surface area (Å²) in [6, 6.07) is 19.0. The van der Waals surface area contributed by atoms with Crippen LogP contribution in [0.15, 0.2) is 77.0 Å². The van der Waals surface area contributed by atoms with Gasteiger partial charge in [-0.25, -0.2) is 13.4 Å². The quantitative estimate of drug-likeness (QED) is 0.251. The molecule has 4 rings (SSSR count). The predicted molar refractivity (Wildman–Crippen MR) is 140 cm³/mol. The van der Waals surface area contributed by atoms with Crippen LogP contribution in [-0.2, 0) is 10.0 Å². The lowest BCUT2D eigenvalue weighted by Crippen LogP contribution is -2.12. The fourth-order valence-electron chi connectivity index (χ4n) is 2.85. The van der Waals surface area contributed by atoms with E-state index in [2.05, 4.69) is 15.0 Å². The Kier molecular flexibility index (Phi) is 7.84. The maximum atomic E-state index is 12.5. The number of hydrogen-bond donors (Lipinski definition) is 2. The highest BCUT2D eigenvalue weighted by Gasteiger charge is 2.14. The number of hydrogen-bond acceptors (Lipinski definition) is 5. The van der Waals surface area contributed by atoms with Gasteiger partial charge in [-0.1, -0.05) is 53.0 Å². The molecule has 0 radical (unpaired) electrons. The Bertz CT molecular complexity index is 1310. The topological polar surface area (TPSA) is 71.1 Å². The van der Waals surface area contributed by atoms with Crippen LogP contribution in [0.2, 0.25) is 10.0 Å². The third-order valence-electron chi connectivity index (χ3n) is 4.38. The van der Waals surface area contributed by atoms with Crippen LogP contribution in [0.25, 0.3) is 11.3 Å². The van der Waals surface area contributed by atoms with Gasteiger partial charge in [-0.05, 0) is 49.4 Å². The van der Waals surface area contributed by atoms with Gasteiger partial charge in [0.1, 0.15) is 0 Å². The smallest absolute Gasteiger partial charge is 0.261 e. The number of rotatable bonds is 6. The third-order valence-corrected chi connectivity index (χ3v) is 6.97. The molecule has 0 fully saturated rings. The molecule has 3 aromatic carbocycles. The Hall–Kier alpha value is -2.10. The maximum Gasteiger partial charge on any atom is 0.261 e. The molecule has 10 heteroatoms. The van der Waals surface area contributed by atoms with Crippen molar-refractivity contribution in [3.8, 4) is 11.3 Å². The van der Waals surface area contributed by atoms with Gasteiger partial charge >= 0.3 is 0 Å². The van der Waals surface area contributed by atoms with E-state index in [-0.39, 0.29) is 21.9 Å². The molecule has 5 nitrogen and oxygen atoms in total. The van der Waals surface area contributed by atoms with Crippen LogP contribution in [-0.4, -0.2) is 13.4 Å². The molecular weight excluding hydrogens is 553 g/mol. The average Bonchev–Trinajstić information content (AvgIpc) is 3.16.